The first-order valence-corrected chi connectivity index (χ1v) is 5.33. The number of rotatable bonds is 5. The highest BCUT2D eigenvalue weighted by Crippen LogP contribution is 2.11. The van der Waals surface area contributed by atoms with Crippen LogP contribution < -0.4 is 10.6 Å². The van der Waals surface area contributed by atoms with Crippen molar-refractivity contribution in [2.45, 2.75) is 32.7 Å². The number of aryl methyl sites for hydroxylation is 1. The number of nitrogens with one attached hydrogen (secondary N) is 2. The van der Waals surface area contributed by atoms with Crippen molar-refractivity contribution in [1.29, 1.82) is 0 Å². The van der Waals surface area contributed by atoms with Crippen molar-refractivity contribution in [2.75, 3.05) is 18.9 Å². The second-order valence-corrected chi connectivity index (χ2v) is 4.30. The second-order valence-electron chi connectivity index (χ2n) is 4.30. The molecule has 0 aliphatic heterocycles. The molecule has 0 aliphatic carbocycles. The fourth-order valence-corrected chi connectivity index (χ4v) is 1.45. The third kappa shape index (κ3) is 3.83. The third-order valence-corrected chi connectivity index (χ3v) is 2.17. The molecule has 15 heavy (non-hydrogen) atoms. The summed E-state index contributed by atoms with van der Waals surface area (Å²) in [6, 6.07) is 3.98. The molecule has 1 aromatic rings. The maximum absolute atomic E-state index is 4.13. The number of likely N-dealkylation sites (N-methyl/N-ethyl adjacent to an activating group) is 1. The van der Waals surface area contributed by atoms with Gasteiger partial charge in [0.15, 0.2) is 0 Å². The maximum Gasteiger partial charge on any atom is 0.149 e. The zero-order chi connectivity index (χ0) is 11.3. The fourth-order valence-electron chi connectivity index (χ4n) is 1.45. The van der Waals surface area contributed by atoms with Gasteiger partial charge in [0, 0.05) is 12.1 Å². The molecule has 0 saturated heterocycles. The van der Waals surface area contributed by atoms with Crippen LogP contribution in [0.4, 0.5) is 5.82 Å². The van der Waals surface area contributed by atoms with Gasteiger partial charge in [-0.3, -0.25) is 0 Å². The van der Waals surface area contributed by atoms with Gasteiger partial charge in [-0.1, -0.05) is 6.92 Å². The van der Waals surface area contributed by atoms with E-state index < -0.39 is 0 Å². The highest BCUT2D eigenvalue weighted by molar-refractivity contribution is 5.36. The lowest BCUT2D eigenvalue weighted by Gasteiger charge is -2.26. The minimum Gasteiger partial charge on any atom is -0.362 e. The SMILES string of the molecule is CCc1ccc(NC(C)(C)CNC)nn1. The van der Waals surface area contributed by atoms with Crippen LogP contribution in [0, 0.1) is 0 Å². The van der Waals surface area contributed by atoms with Crippen LogP contribution in [0.5, 0.6) is 0 Å². The molecule has 1 aromatic heterocycles. The highest BCUT2D eigenvalue weighted by atomic mass is 15.2. The Morgan fingerprint density at radius 1 is 1.27 bits per heavy atom. The van der Waals surface area contributed by atoms with Crippen LogP contribution in [0.1, 0.15) is 26.5 Å². The Labute approximate surface area is 91.5 Å². The van der Waals surface area contributed by atoms with Crippen LogP contribution >= 0.6 is 0 Å². The third-order valence-electron chi connectivity index (χ3n) is 2.17. The van der Waals surface area contributed by atoms with E-state index in [-0.39, 0.29) is 5.54 Å². The number of anilines is 1. The van der Waals surface area contributed by atoms with Gasteiger partial charge in [0.05, 0.1) is 5.69 Å². The topological polar surface area (TPSA) is 49.8 Å². The fraction of sp³-hybridized carbons (Fsp3) is 0.636. The number of hydrogen-bond acceptors (Lipinski definition) is 4. The van der Waals surface area contributed by atoms with Gasteiger partial charge in [-0.2, -0.15) is 5.10 Å². The van der Waals surface area contributed by atoms with Gasteiger partial charge < -0.3 is 10.6 Å². The zero-order valence-electron chi connectivity index (χ0n) is 9.96. The average Bonchev–Trinajstić information content (AvgIpc) is 2.18. The smallest absolute Gasteiger partial charge is 0.149 e. The minimum atomic E-state index is -0.0167. The summed E-state index contributed by atoms with van der Waals surface area (Å²) in [6.07, 6.45) is 0.924. The zero-order valence-corrected chi connectivity index (χ0v) is 9.96. The van der Waals surface area contributed by atoms with Crippen molar-refractivity contribution in [2.24, 2.45) is 0 Å². The first-order valence-electron chi connectivity index (χ1n) is 5.33. The normalized spacial score (nSPS) is 11.5. The summed E-state index contributed by atoms with van der Waals surface area (Å²) in [7, 11) is 1.94. The summed E-state index contributed by atoms with van der Waals surface area (Å²) in [6.45, 7) is 7.20. The molecule has 0 saturated carbocycles. The predicted octanol–water partition coefficient (Wildman–Crippen LogP) is 1.45. The van der Waals surface area contributed by atoms with Crippen LogP contribution in [0.3, 0.4) is 0 Å². The number of aromatic nitrogens is 2. The lowest BCUT2D eigenvalue weighted by Crippen LogP contribution is -2.41. The molecule has 4 nitrogen and oxygen atoms in total. The molecular formula is C11H20N4. The monoisotopic (exact) mass is 208 g/mol. The van der Waals surface area contributed by atoms with Crippen molar-refractivity contribution in [3.05, 3.63) is 17.8 Å². The summed E-state index contributed by atoms with van der Waals surface area (Å²) < 4.78 is 0. The summed E-state index contributed by atoms with van der Waals surface area (Å²) in [5.74, 6) is 0.826. The molecule has 0 atom stereocenters. The maximum atomic E-state index is 4.13. The molecule has 0 spiro atoms. The Morgan fingerprint density at radius 3 is 2.47 bits per heavy atom. The van der Waals surface area contributed by atoms with Crippen LogP contribution in [-0.4, -0.2) is 29.3 Å². The first kappa shape index (κ1) is 11.9. The first-order chi connectivity index (χ1) is 7.07. The Kier molecular flexibility index (Phi) is 4.03. The molecule has 0 unspecified atom stereocenters. The average molecular weight is 208 g/mol. The minimum absolute atomic E-state index is 0.0167. The van der Waals surface area contributed by atoms with E-state index in [2.05, 4.69) is 41.6 Å². The Morgan fingerprint density at radius 2 is 2.00 bits per heavy atom. The highest BCUT2D eigenvalue weighted by Gasteiger charge is 2.16. The summed E-state index contributed by atoms with van der Waals surface area (Å²) in [5, 5.41) is 14.7. The van der Waals surface area contributed by atoms with E-state index in [9.17, 15) is 0 Å². The quantitative estimate of drug-likeness (QED) is 0.769. The number of nitrogens with zero attached hydrogens (tertiary/aromatic N) is 2. The van der Waals surface area contributed by atoms with Gasteiger partial charge >= 0.3 is 0 Å². The van der Waals surface area contributed by atoms with E-state index in [1.807, 2.05) is 19.2 Å². The van der Waals surface area contributed by atoms with E-state index in [0.29, 0.717) is 0 Å². The van der Waals surface area contributed by atoms with Crippen molar-refractivity contribution in [3.63, 3.8) is 0 Å². The molecule has 0 aromatic carbocycles. The van der Waals surface area contributed by atoms with Gasteiger partial charge in [-0.05, 0) is 39.4 Å². The largest absolute Gasteiger partial charge is 0.362 e. The molecule has 84 valence electrons. The molecule has 0 amide bonds. The Balaban J connectivity index is 2.64. The van der Waals surface area contributed by atoms with Gasteiger partial charge in [0.25, 0.3) is 0 Å². The van der Waals surface area contributed by atoms with Crippen LogP contribution in [0.25, 0.3) is 0 Å². The van der Waals surface area contributed by atoms with Gasteiger partial charge in [-0.15, -0.1) is 5.10 Å². The molecule has 1 rings (SSSR count). The number of hydrogen-bond donors (Lipinski definition) is 2. The van der Waals surface area contributed by atoms with E-state index in [1.165, 1.54) is 0 Å². The van der Waals surface area contributed by atoms with Gasteiger partial charge in [0.2, 0.25) is 0 Å². The van der Waals surface area contributed by atoms with Crippen molar-refractivity contribution in [1.82, 2.24) is 15.5 Å². The lowest BCUT2D eigenvalue weighted by atomic mass is 10.1. The second kappa shape index (κ2) is 5.07. The molecule has 0 aliphatic rings. The van der Waals surface area contributed by atoms with E-state index >= 15 is 0 Å². The van der Waals surface area contributed by atoms with Crippen molar-refractivity contribution in [3.8, 4) is 0 Å². The lowest BCUT2D eigenvalue weighted by molar-refractivity contribution is 0.527. The molecule has 2 N–H and O–H groups in total. The van der Waals surface area contributed by atoms with E-state index in [0.717, 1.165) is 24.5 Å². The van der Waals surface area contributed by atoms with Crippen LogP contribution in [-0.2, 0) is 6.42 Å². The van der Waals surface area contributed by atoms with E-state index in [4.69, 9.17) is 0 Å². The molecule has 1 heterocycles. The van der Waals surface area contributed by atoms with Crippen LogP contribution in [0.15, 0.2) is 12.1 Å². The van der Waals surface area contributed by atoms with Crippen molar-refractivity contribution < 1.29 is 0 Å². The standard InChI is InChI=1S/C11H20N4/c1-5-9-6-7-10(15-14-9)13-11(2,3)8-12-4/h6-7,12H,5,8H2,1-4H3,(H,13,15). The summed E-state index contributed by atoms with van der Waals surface area (Å²) >= 11 is 0. The Bertz CT molecular complexity index is 292. The van der Waals surface area contributed by atoms with E-state index in [1.54, 1.807) is 0 Å². The van der Waals surface area contributed by atoms with Gasteiger partial charge in [-0.25, -0.2) is 0 Å². The molecule has 0 radical (unpaired) electrons. The Hall–Kier alpha value is -1.16. The predicted molar refractivity (Wildman–Crippen MR) is 63.0 cm³/mol. The summed E-state index contributed by atoms with van der Waals surface area (Å²) in [5.41, 5.74) is 1.00. The van der Waals surface area contributed by atoms with Crippen LogP contribution in [0.2, 0.25) is 0 Å². The molecular weight excluding hydrogens is 188 g/mol. The van der Waals surface area contributed by atoms with Gasteiger partial charge in [0.1, 0.15) is 5.82 Å². The molecule has 4 heteroatoms. The van der Waals surface area contributed by atoms with Crippen molar-refractivity contribution >= 4 is 5.82 Å². The molecule has 0 bridgehead atoms. The summed E-state index contributed by atoms with van der Waals surface area (Å²) in [4.78, 5) is 0. The molecule has 0 fully saturated rings.